The summed E-state index contributed by atoms with van der Waals surface area (Å²) >= 11 is 0. The van der Waals surface area contributed by atoms with Gasteiger partial charge in [0.25, 0.3) is 0 Å². The number of nitrogens with zero attached hydrogens (tertiary/aromatic N) is 2. The van der Waals surface area contributed by atoms with Crippen LogP contribution in [0.4, 0.5) is 0 Å². The number of nitrogens with two attached hydrogens (primary N) is 1. The van der Waals surface area contributed by atoms with Crippen LogP contribution < -0.4 is 5.73 Å². The Morgan fingerprint density at radius 1 is 1.21 bits per heavy atom. The van der Waals surface area contributed by atoms with Crippen molar-refractivity contribution in [2.75, 3.05) is 39.8 Å². The van der Waals surface area contributed by atoms with Crippen molar-refractivity contribution in [3.05, 3.63) is 0 Å². The molecule has 1 aliphatic heterocycles. The predicted octanol–water partition coefficient (Wildman–Crippen LogP) is 0.361. The molecule has 0 aromatic carbocycles. The fraction of sp³-hybridized carbons (Fsp3) is 1.00. The van der Waals surface area contributed by atoms with E-state index in [9.17, 15) is 0 Å². The summed E-state index contributed by atoms with van der Waals surface area (Å²) in [5.74, 6) is 0.887. The molecule has 2 rings (SSSR count). The Labute approximate surface area is 87.2 Å². The van der Waals surface area contributed by atoms with Crippen LogP contribution in [0.25, 0.3) is 0 Å². The van der Waals surface area contributed by atoms with E-state index in [4.69, 9.17) is 5.73 Å². The van der Waals surface area contributed by atoms with E-state index >= 15 is 0 Å². The lowest BCUT2D eigenvalue weighted by molar-refractivity contribution is -0.0359. The second kappa shape index (κ2) is 3.80. The highest BCUT2D eigenvalue weighted by Crippen LogP contribution is 2.41. The highest BCUT2D eigenvalue weighted by Gasteiger charge is 2.45. The molecular weight excluding hydrogens is 174 g/mol. The van der Waals surface area contributed by atoms with Gasteiger partial charge < -0.3 is 10.6 Å². The average Bonchev–Trinajstić information content (AvgIpc) is 2.14. The molecule has 2 fully saturated rings. The van der Waals surface area contributed by atoms with E-state index in [0.717, 1.165) is 12.5 Å². The summed E-state index contributed by atoms with van der Waals surface area (Å²) in [5.41, 5.74) is 6.32. The monoisotopic (exact) mass is 197 g/mol. The molecule has 0 bridgehead atoms. The van der Waals surface area contributed by atoms with E-state index < -0.39 is 0 Å². The van der Waals surface area contributed by atoms with E-state index in [1.54, 1.807) is 0 Å². The maximum atomic E-state index is 5.94. The first-order chi connectivity index (χ1) is 6.66. The van der Waals surface area contributed by atoms with E-state index in [0.29, 0.717) is 5.54 Å². The third-order valence-electron chi connectivity index (χ3n) is 4.01. The van der Waals surface area contributed by atoms with Crippen LogP contribution in [-0.4, -0.2) is 55.1 Å². The number of piperazine rings is 1. The summed E-state index contributed by atoms with van der Waals surface area (Å²) in [5, 5.41) is 0. The van der Waals surface area contributed by atoms with Crippen LogP contribution in [0, 0.1) is 5.92 Å². The Bertz CT molecular complexity index is 191. The van der Waals surface area contributed by atoms with E-state index in [1.807, 2.05) is 0 Å². The molecule has 1 saturated heterocycles. The molecule has 0 spiro atoms. The lowest BCUT2D eigenvalue weighted by Gasteiger charge is -2.55. The zero-order chi connectivity index (χ0) is 10.2. The molecule has 0 unspecified atom stereocenters. The van der Waals surface area contributed by atoms with Crippen LogP contribution in [0.2, 0.25) is 0 Å². The maximum Gasteiger partial charge on any atom is 0.0337 e. The molecule has 3 heteroatoms. The summed E-state index contributed by atoms with van der Waals surface area (Å²) in [4.78, 5) is 5.04. The van der Waals surface area contributed by atoms with Crippen LogP contribution in [0.5, 0.6) is 0 Å². The van der Waals surface area contributed by atoms with E-state index in [1.165, 1.54) is 39.0 Å². The Morgan fingerprint density at radius 2 is 1.79 bits per heavy atom. The quantitative estimate of drug-likeness (QED) is 0.694. The Hall–Kier alpha value is -0.120. The summed E-state index contributed by atoms with van der Waals surface area (Å²) in [6.07, 6.45) is 2.63. The van der Waals surface area contributed by atoms with Gasteiger partial charge in [-0.05, 0) is 25.8 Å². The summed E-state index contributed by atoms with van der Waals surface area (Å²) < 4.78 is 0. The minimum atomic E-state index is 0.376. The molecule has 3 nitrogen and oxygen atoms in total. The molecule has 0 aromatic heterocycles. The van der Waals surface area contributed by atoms with Gasteiger partial charge in [0.15, 0.2) is 0 Å². The fourth-order valence-corrected chi connectivity index (χ4v) is 3.07. The van der Waals surface area contributed by atoms with Crippen molar-refractivity contribution in [2.45, 2.75) is 25.3 Å². The molecular formula is C11H23N3. The van der Waals surface area contributed by atoms with Gasteiger partial charge in [0.2, 0.25) is 0 Å². The molecule has 0 atom stereocenters. The largest absolute Gasteiger partial charge is 0.329 e. The summed E-state index contributed by atoms with van der Waals surface area (Å²) in [6.45, 7) is 8.01. The van der Waals surface area contributed by atoms with Gasteiger partial charge in [-0.2, -0.15) is 0 Å². The molecule has 1 aliphatic carbocycles. The lowest BCUT2D eigenvalue weighted by Crippen LogP contribution is -2.65. The van der Waals surface area contributed by atoms with Crippen LogP contribution in [0.3, 0.4) is 0 Å². The lowest BCUT2D eigenvalue weighted by atomic mass is 9.68. The Morgan fingerprint density at radius 3 is 2.21 bits per heavy atom. The second-order valence-corrected chi connectivity index (χ2v) is 5.23. The fourth-order valence-electron chi connectivity index (χ4n) is 3.07. The van der Waals surface area contributed by atoms with Crippen LogP contribution in [-0.2, 0) is 0 Å². The molecule has 1 heterocycles. The van der Waals surface area contributed by atoms with Crippen LogP contribution >= 0.6 is 0 Å². The van der Waals surface area contributed by atoms with Crippen molar-refractivity contribution in [1.29, 1.82) is 0 Å². The normalized spacial score (nSPS) is 40.9. The van der Waals surface area contributed by atoms with Crippen molar-refractivity contribution in [1.82, 2.24) is 9.80 Å². The molecule has 14 heavy (non-hydrogen) atoms. The SMILES string of the molecule is CC1CC(CN)(N2CCN(C)CC2)C1. The van der Waals surface area contributed by atoms with E-state index in [2.05, 4.69) is 23.8 Å². The van der Waals surface area contributed by atoms with E-state index in [-0.39, 0.29) is 0 Å². The first-order valence-corrected chi connectivity index (χ1v) is 5.80. The van der Waals surface area contributed by atoms with Gasteiger partial charge in [-0.25, -0.2) is 0 Å². The Kier molecular flexibility index (Phi) is 2.82. The third kappa shape index (κ3) is 1.69. The first kappa shape index (κ1) is 10.4. The van der Waals surface area contributed by atoms with Crippen LogP contribution in [0.1, 0.15) is 19.8 Å². The van der Waals surface area contributed by atoms with Crippen molar-refractivity contribution in [3.63, 3.8) is 0 Å². The average molecular weight is 197 g/mol. The molecule has 2 aliphatic rings. The van der Waals surface area contributed by atoms with Gasteiger partial charge in [0.05, 0.1) is 0 Å². The maximum absolute atomic E-state index is 5.94. The number of rotatable bonds is 2. The minimum Gasteiger partial charge on any atom is -0.329 e. The molecule has 0 aromatic rings. The summed E-state index contributed by atoms with van der Waals surface area (Å²) in [6, 6.07) is 0. The zero-order valence-electron chi connectivity index (χ0n) is 9.50. The van der Waals surface area contributed by atoms with Crippen LogP contribution in [0.15, 0.2) is 0 Å². The molecule has 82 valence electrons. The predicted molar refractivity (Wildman–Crippen MR) is 59.3 cm³/mol. The molecule has 0 radical (unpaired) electrons. The van der Waals surface area contributed by atoms with Gasteiger partial charge in [-0.3, -0.25) is 4.90 Å². The van der Waals surface area contributed by atoms with Gasteiger partial charge >= 0.3 is 0 Å². The standard InChI is InChI=1S/C11H23N3/c1-10-7-11(8-10,9-12)14-5-3-13(2)4-6-14/h10H,3-9,12H2,1-2H3. The number of hydrogen-bond acceptors (Lipinski definition) is 3. The second-order valence-electron chi connectivity index (χ2n) is 5.23. The minimum absolute atomic E-state index is 0.376. The highest BCUT2D eigenvalue weighted by atomic mass is 15.3. The molecule has 0 amide bonds. The van der Waals surface area contributed by atoms with Crippen molar-refractivity contribution in [3.8, 4) is 0 Å². The first-order valence-electron chi connectivity index (χ1n) is 5.80. The highest BCUT2D eigenvalue weighted by molar-refractivity contribution is 5.03. The number of likely N-dealkylation sites (N-methyl/N-ethyl adjacent to an activating group) is 1. The molecule has 2 N–H and O–H groups in total. The third-order valence-corrected chi connectivity index (χ3v) is 4.01. The van der Waals surface area contributed by atoms with Gasteiger partial charge in [-0.15, -0.1) is 0 Å². The topological polar surface area (TPSA) is 32.5 Å². The Balaban J connectivity index is 1.93. The smallest absolute Gasteiger partial charge is 0.0337 e. The van der Waals surface area contributed by atoms with Gasteiger partial charge in [0.1, 0.15) is 0 Å². The molecule has 1 saturated carbocycles. The van der Waals surface area contributed by atoms with Crippen molar-refractivity contribution >= 4 is 0 Å². The summed E-state index contributed by atoms with van der Waals surface area (Å²) in [7, 11) is 2.20. The van der Waals surface area contributed by atoms with Crippen molar-refractivity contribution < 1.29 is 0 Å². The van der Waals surface area contributed by atoms with Gasteiger partial charge in [-0.1, -0.05) is 6.92 Å². The zero-order valence-corrected chi connectivity index (χ0v) is 9.50. The van der Waals surface area contributed by atoms with Crippen molar-refractivity contribution in [2.24, 2.45) is 11.7 Å². The number of hydrogen-bond donors (Lipinski definition) is 1. The van der Waals surface area contributed by atoms with Gasteiger partial charge in [0, 0.05) is 38.3 Å².